The third-order valence-electron chi connectivity index (χ3n) is 2.77. The lowest BCUT2D eigenvalue weighted by Crippen LogP contribution is -2.12. The normalized spacial score (nSPS) is 10.3. The van der Waals surface area contributed by atoms with Crippen LogP contribution < -0.4 is 5.32 Å². The standard InChI is InChI=1S/C15H10BrN3OS/c16-12-6-11(8-17-9-12)14(20)19-13-3-1-2-10(7-13)15-18-4-5-21-15/h1-9H,(H,19,20). The maximum Gasteiger partial charge on any atom is 0.257 e. The number of carbonyl (C=O) groups is 1. The zero-order valence-electron chi connectivity index (χ0n) is 10.8. The first-order valence-electron chi connectivity index (χ1n) is 6.14. The Morgan fingerprint density at radius 2 is 2.14 bits per heavy atom. The van der Waals surface area contributed by atoms with E-state index in [0.717, 1.165) is 20.7 Å². The fraction of sp³-hybridized carbons (Fsp3) is 0. The lowest BCUT2D eigenvalue weighted by atomic mass is 10.2. The number of aromatic nitrogens is 2. The summed E-state index contributed by atoms with van der Waals surface area (Å²) >= 11 is 4.87. The van der Waals surface area contributed by atoms with Gasteiger partial charge in [-0.05, 0) is 34.1 Å². The Labute approximate surface area is 134 Å². The number of amides is 1. The van der Waals surface area contributed by atoms with Crippen molar-refractivity contribution in [2.75, 3.05) is 5.32 Å². The van der Waals surface area contributed by atoms with Crippen LogP contribution in [0.1, 0.15) is 10.4 Å². The van der Waals surface area contributed by atoms with Crippen LogP contribution >= 0.6 is 27.3 Å². The van der Waals surface area contributed by atoms with Crippen molar-refractivity contribution >= 4 is 38.9 Å². The molecule has 1 aromatic carbocycles. The highest BCUT2D eigenvalue weighted by atomic mass is 79.9. The van der Waals surface area contributed by atoms with Crippen molar-refractivity contribution in [3.63, 3.8) is 0 Å². The molecule has 0 atom stereocenters. The summed E-state index contributed by atoms with van der Waals surface area (Å²) in [4.78, 5) is 20.4. The van der Waals surface area contributed by atoms with Crippen molar-refractivity contribution in [1.29, 1.82) is 0 Å². The maximum absolute atomic E-state index is 12.2. The van der Waals surface area contributed by atoms with E-state index in [9.17, 15) is 4.79 Å². The Hall–Kier alpha value is -2.05. The van der Waals surface area contributed by atoms with Gasteiger partial charge in [-0.25, -0.2) is 4.98 Å². The molecule has 0 spiro atoms. The highest BCUT2D eigenvalue weighted by Gasteiger charge is 2.08. The number of halogens is 1. The molecule has 0 aliphatic rings. The van der Waals surface area contributed by atoms with Crippen molar-refractivity contribution in [3.05, 3.63) is 64.3 Å². The molecule has 3 rings (SSSR count). The predicted molar refractivity (Wildman–Crippen MR) is 87.4 cm³/mol. The van der Waals surface area contributed by atoms with E-state index >= 15 is 0 Å². The largest absolute Gasteiger partial charge is 0.322 e. The molecule has 4 nitrogen and oxygen atoms in total. The third-order valence-corrected chi connectivity index (χ3v) is 4.02. The molecule has 0 saturated carbocycles. The van der Waals surface area contributed by atoms with Crippen LogP contribution in [0, 0.1) is 0 Å². The molecular weight excluding hydrogens is 350 g/mol. The number of hydrogen-bond acceptors (Lipinski definition) is 4. The molecule has 1 N–H and O–H groups in total. The minimum Gasteiger partial charge on any atom is -0.322 e. The smallest absolute Gasteiger partial charge is 0.257 e. The predicted octanol–water partition coefficient (Wildman–Crippen LogP) is 4.22. The quantitative estimate of drug-likeness (QED) is 0.761. The second-order valence-corrected chi connectivity index (χ2v) is 6.07. The fourth-order valence-corrected chi connectivity index (χ4v) is 2.84. The second-order valence-electron chi connectivity index (χ2n) is 4.26. The van der Waals surface area contributed by atoms with Gasteiger partial charge in [0.15, 0.2) is 0 Å². The Kier molecular flexibility index (Phi) is 4.08. The van der Waals surface area contributed by atoms with Crippen LogP contribution in [0.15, 0.2) is 58.8 Å². The van der Waals surface area contributed by atoms with Crippen LogP contribution in [-0.2, 0) is 0 Å². The summed E-state index contributed by atoms with van der Waals surface area (Å²) in [6, 6.07) is 9.34. The highest BCUT2D eigenvalue weighted by molar-refractivity contribution is 9.10. The molecule has 21 heavy (non-hydrogen) atoms. The average Bonchev–Trinajstić information content (AvgIpc) is 3.02. The first-order valence-corrected chi connectivity index (χ1v) is 7.81. The third kappa shape index (κ3) is 3.34. The molecule has 2 aromatic heterocycles. The molecule has 104 valence electrons. The van der Waals surface area contributed by atoms with E-state index < -0.39 is 0 Å². The van der Waals surface area contributed by atoms with Crippen LogP contribution in [0.25, 0.3) is 10.6 Å². The lowest BCUT2D eigenvalue weighted by Gasteiger charge is -2.06. The van der Waals surface area contributed by atoms with Gasteiger partial charge in [0.1, 0.15) is 5.01 Å². The van der Waals surface area contributed by atoms with Crippen molar-refractivity contribution < 1.29 is 4.79 Å². The van der Waals surface area contributed by atoms with E-state index in [1.54, 1.807) is 29.8 Å². The van der Waals surface area contributed by atoms with Crippen molar-refractivity contribution in [2.24, 2.45) is 0 Å². The zero-order chi connectivity index (χ0) is 14.7. The number of benzene rings is 1. The second kappa shape index (κ2) is 6.15. The topological polar surface area (TPSA) is 54.9 Å². The number of pyridine rings is 1. The van der Waals surface area contributed by atoms with E-state index in [4.69, 9.17) is 0 Å². The first kappa shape index (κ1) is 13.9. The number of nitrogens with zero attached hydrogens (tertiary/aromatic N) is 2. The first-order chi connectivity index (χ1) is 10.2. The Morgan fingerprint density at radius 1 is 1.24 bits per heavy atom. The minimum atomic E-state index is -0.194. The van der Waals surface area contributed by atoms with E-state index in [2.05, 4.69) is 31.2 Å². The Balaban J connectivity index is 1.82. The monoisotopic (exact) mass is 359 g/mol. The van der Waals surface area contributed by atoms with Gasteiger partial charge in [0.2, 0.25) is 0 Å². The van der Waals surface area contributed by atoms with Crippen molar-refractivity contribution in [3.8, 4) is 10.6 Å². The van der Waals surface area contributed by atoms with Gasteiger partial charge in [-0.2, -0.15) is 0 Å². The Bertz CT molecular complexity index is 774. The van der Waals surface area contributed by atoms with Crippen LogP contribution in [0.3, 0.4) is 0 Å². The number of hydrogen-bond donors (Lipinski definition) is 1. The summed E-state index contributed by atoms with van der Waals surface area (Å²) < 4.78 is 0.770. The average molecular weight is 360 g/mol. The summed E-state index contributed by atoms with van der Waals surface area (Å²) in [5.41, 5.74) is 2.21. The Morgan fingerprint density at radius 3 is 2.90 bits per heavy atom. The number of thiazole rings is 1. The SMILES string of the molecule is O=C(Nc1cccc(-c2nccs2)c1)c1cncc(Br)c1. The molecule has 0 aliphatic heterocycles. The van der Waals surface area contributed by atoms with Gasteiger partial charge in [-0.15, -0.1) is 11.3 Å². The molecule has 0 bridgehead atoms. The van der Waals surface area contributed by atoms with Gasteiger partial charge >= 0.3 is 0 Å². The van der Waals surface area contributed by atoms with Crippen LogP contribution in [0.5, 0.6) is 0 Å². The van der Waals surface area contributed by atoms with Gasteiger partial charge < -0.3 is 5.32 Å². The van der Waals surface area contributed by atoms with Gasteiger partial charge in [0.05, 0.1) is 5.56 Å². The van der Waals surface area contributed by atoms with E-state index in [1.807, 2.05) is 29.6 Å². The molecule has 6 heteroatoms. The maximum atomic E-state index is 12.2. The number of anilines is 1. The summed E-state index contributed by atoms with van der Waals surface area (Å²) in [5, 5.41) is 5.72. The van der Waals surface area contributed by atoms with Gasteiger partial charge in [0, 0.05) is 39.7 Å². The molecule has 2 heterocycles. The van der Waals surface area contributed by atoms with E-state index in [0.29, 0.717) is 5.56 Å². The summed E-state index contributed by atoms with van der Waals surface area (Å²) in [7, 11) is 0. The van der Waals surface area contributed by atoms with Crippen LogP contribution in [0.2, 0.25) is 0 Å². The van der Waals surface area contributed by atoms with Crippen molar-refractivity contribution in [2.45, 2.75) is 0 Å². The molecule has 3 aromatic rings. The summed E-state index contributed by atoms with van der Waals surface area (Å²) in [5.74, 6) is -0.194. The summed E-state index contributed by atoms with van der Waals surface area (Å²) in [6.45, 7) is 0. The van der Waals surface area contributed by atoms with Crippen LogP contribution in [-0.4, -0.2) is 15.9 Å². The molecule has 1 amide bonds. The minimum absolute atomic E-state index is 0.194. The van der Waals surface area contributed by atoms with Gasteiger partial charge in [-0.3, -0.25) is 9.78 Å². The molecule has 0 unspecified atom stereocenters. The van der Waals surface area contributed by atoms with Crippen molar-refractivity contribution in [1.82, 2.24) is 9.97 Å². The van der Waals surface area contributed by atoms with E-state index in [-0.39, 0.29) is 5.91 Å². The molecular formula is C15H10BrN3OS. The number of rotatable bonds is 3. The molecule has 0 radical (unpaired) electrons. The lowest BCUT2D eigenvalue weighted by molar-refractivity contribution is 0.102. The number of carbonyl (C=O) groups excluding carboxylic acids is 1. The highest BCUT2D eigenvalue weighted by Crippen LogP contribution is 2.24. The summed E-state index contributed by atoms with van der Waals surface area (Å²) in [6.07, 6.45) is 4.93. The molecule has 0 aliphatic carbocycles. The zero-order valence-corrected chi connectivity index (χ0v) is 13.2. The van der Waals surface area contributed by atoms with Gasteiger partial charge in [-0.1, -0.05) is 12.1 Å². The number of nitrogens with one attached hydrogen (secondary N) is 1. The molecule has 0 fully saturated rings. The van der Waals surface area contributed by atoms with E-state index in [1.165, 1.54) is 6.20 Å². The molecule has 0 saturated heterocycles. The van der Waals surface area contributed by atoms with Gasteiger partial charge in [0.25, 0.3) is 5.91 Å². The fourth-order valence-electron chi connectivity index (χ4n) is 1.84. The van der Waals surface area contributed by atoms with Crippen LogP contribution in [0.4, 0.5) is 5.69 Å².